The lowest BCUT2D eigenvalue weighted by molar-refractivity contribution is -0.0219. The van der Waals surface area contributed by atoms with Gasteiger partial charge in [-0.05, 0) is 48.4 Å². The van der Waals surface area contributed by atoms with Crippen molar-refractivity contribution >= 4 is 34.0 Å². The first-order chi connectivity index (χ1) is 18.9. The van der Waals surface area contributed by atoms with E-state index in [0.29, 0.717) is 35.9 Å². The minimum Gasteiger partial charge on any atom is -0.428 e. The highest BCUT2D eigenvalue weighted by molar-refractivity contribution is 5.98. The van der Waals surface area contributed by atoms with Crippen molar-refractivity contribution in [2.45, 2.75) is 57.3 Å². The zero-order valence-corrected chi connectivity index (χ0v) is 22.7. The number of ether oxygens (including phenoxy) is 1. The number of hydrogen-bond donors (Lipinski definition) is 2. The Morgan fingerprint density at radius 2 is 2.00 bits per heavy atom. The Morgan fingerprint density at radius 1 is 1.13 bits per heavy atom. The van der Waals surface area contributed by atoms with Gasteiger partial charge < -0.3 is 29.4 Å². The Labute approximate surface area is 227 Å². The van der Waals surface area contributed by atoms with Gasteiger partial charge in [0, 0.05) is 56.3 Å². The first-order valence-corrected chi connectivity index (χ1v) is 13.4. The van der Waals surface area contributed by atoms with Crippen LogP contribution in [0.15, 0.2) is 47.5 Å². The van der Waals surface area contributed by atoms with Crippen LogP contribution in [0.5, 0.6) is 0 Å². The molecule has 39 heavy (non-hydrogen) atoms. The van der Waals surface area contributed by atoms with Crippen LogP contribution in [0.3, 0.4) is 0 Å². The van der Waals surface area contributed by atoms with Gasteiger partial charge in [-0.25, -0.2) is 9.97 Å². The van der Waals surface area contributed by atoms with Gasteiger partial charge >= 0.3 is 0 Å². The molecule has 11 heteroatoms. The van der Waals surface area contributed by atoms with Crippen LogP contribution in [0.4, 0.5) is 23.3 Å². The molecule has 0 amide bonds. The van der Waals surface area contributed by atoms with Gasteiger partial charge in [-0.1, -0.05) is 19.9 Å². The first-order valence-electron chi connectivity index (χ1n) is 13.4. The smallest absolute Gasteiger partial charge is 0.227 e. The molecule has 0 radical (unpaired) electrons. The number of aromatic nitrogens is 5. The van der Waals surface area contributed by atoms with Crippen molar-refractivity contribution in [3.63, 3.8) is 0 Å². The van der Waals surface area contributed by atoms with Crippen LogP contribution >= 0.6 is 0 Å². The molecule has 2 N–H and O–H groups in total. The van der Waals surface area contributed by atoms with E-state index in [1.54, 1.807) is 13.3 Å². The molecule has 2 fully saturated rings. The van der Waals surface area contributed by atoms with Gasteiger partial charge in [0.15, 0.2) is 0 Å². The molecule has 0 spiro atoms. The molecular weight excluding hydrogens is 496 g/mol. The SMILES string of the molecule is CO[C@H]1CCN(c2nccc(Nc3cc4c(C(C)C)ccc(N5CC(c6nnco6)[C@@H]5C)c4cn3)n2)C[C@@H]1O. The molecule has 3 aromatic heterocycles. The number of rotatable bonds is 7. The van der Waals surface area contributed by atoms with Crippen LogP contribution < -0.4 is 15.1 Å². The summed E-state index contributed by atoms with van der Waals surface area (Å²) in [6.07, 6.45) is 5.04. The van der Waals surface area contributed by atoms with Crippen molar-refractivity contribution in [1.29, 1.82) is 0 Å². The van der Waals surface area contributed by atoms with Gasteiger partial charge in [-0.2, -0.15) is 4.98 Å². The lowest BCUT2D eigenvalue weighted by Crippen LogP contribution is -2.53. The van der Waals surface area contributed by atoms with Crippen LogP contribution in [0, 0.1) is 0 Å². The third kappa shape index (κ3) is 4.76. The van der Waals surface area contributed by atoms with Crippen LogP contribution in [-0.2, 0) is 4.74 Å². The van der Waals surface area contributed by atoms with Crippen molar-refractivity contribution in [2.75, 3.05) is 41.9 Å². The number of fused-ring (bicyclic) bond motifs is 1. The Kier molecular flexibility index (Phi) is 6.78. The molecule has 204 valence electrons. The third-order valence-electron chi connectivity index (χ3n) is 8.01. The van der Waals surface area contributed by atoms with Crippen molar-refractivity contribution < 1.29 is 14.3 Å². The summed E-state index contributed by atoms with van der Waals surface area (Å²) < 4.78 is 10.8. The second-order valence-corrected chi connectivity index (χ2v) is 10.7. The summed E-state index contributed by atoms with van der Waals surface area (Å²) in [6.45, 7) is 8.57. The molecule has 6 rings (SSSR count). The van der Waals surface area contributed by atoms with Crippen molar-refractivity contribution in [3.8, 4) is 0 Å². The minimum absolute atomic E-state index is 0.159. The summed E-state index contributed by atoms with van der Waals surface area (Å²) in [4.78, 5) is 18.3. The van der Waals surface area contributed by atoms with Gasteiger partial charge in [0.2, 0.25) is 18.2 Å². The third-order valence-corrected chi connectivity index (χ3v) is 8.01. The lowest BCUT2D eigenvalue weighted by Gasteiger charge is -2.46. The number of nitrogens with one attached hydrogen (secondary N) is 1. The molecule has 2 aliphatic rings. The Hall–Kier alpha value is -3.83. The number of nitrogens with zero attached hydrogens (tertiary/aromatic N) is 7. The molecular formula is C28H34N8O3. The van der Waals surface area contributed by atoms with Crippen LogP contribution in [0.25, 0.3) is 10.8 Å². The quantitative estimate of drug-likeness (QED) is 0.362. The summed E-state index contributed by atoms with van der Waals surface area (Å²) >= 11 is 0. The van der Waals surface area contributed by atoms with Gasteiger partial charge in [-0.3, -0.25) is 0 Å². The Bertz CT molecular complexity index is 1450. The maximum atomic E-state index is 10.4. The fraction of sp³-hybridized carbons (Fsp3) is 0.464. The van der Waals surface area contributed by atoms with E-state index in [9.17, 15) is 5.11 Å². The predicted octanol–water partition coefficient (Wildman–Crippen LogP) is 3.85. The van der Waals surface area contributed by atoms with Crippen molar-refractivity contribution in [2.24, 2.45) is 0 Å². The number of β-amino-alcohol motifs (C(OH)–C–C–N with tert-alkyl or cyclic N) is 1. The summed E-state index contributed by atoms with van der Waals surface area (Å²) in [6, 6.07) is 8.58. The zero-order chi connectivity index (χ0) is 27.1. The van der Waals surface area contributed by atoms with Gasteiger partial charge in [0.25, 0.3) is 0 Å². The topological polar surface area (TPSA) is 126 Å². The number of aliphatic hydroxyl groups excluding tert-OH is 1. The fourth-order valence-electron chi connectivity index (χ4n) is 5.69. The molecule has 11 nitrogen and oxygen atoms in total. The number of benzene rings is 1. The molecule has 0 bridgehead atoms. The van der Waals surface area contributed by atoms with E-state index in [1.807, 2.05) is 17.2 Å². The second kappa shape index (κ2) is 10.4. The van der Waals surface area contributed by atoms with Crippen molar-refractivity contribution in [1.82, 2.24) is 25.1 Å². The lowest BCUT2D eigenvalue weighted by atomic mass is 9.87. The predicted molar refractivity (Wildman–Crippen MR) is 149 cm³/mol. The molecule has 2 aliphatic heterocycles. The number of methoxy groups -OCH3 is 1. The zero-order valence-electron chi connectivity index (χ0n) is 22.7. The van der Waals surface area contributed by atoms with E-state index >= 15 is 0 Å². The largest absolute Gasteiger partial charge is 0.428 e. The number of anilines is 4. The summed E-state index contributed by atoms with van der Waals surface area (Å²) in [7, 11) is 1.63. The Balaban J connectivity index is 1.26. The summed E-state index contributed by atoms with van der Waals surface area (Å²) in [5.41, 5.74) is 2.42. The highest BCUT2D eigenvalue weighted by Crippen LogP contribution is 2.42. The number of aliphatic hydroxyl groups is 1. The molecule has 0 aliphatic carbocycles. The van der Waals surface area contributed by atoms with Crippen LogP contribution in [0.1, 0.15) is 50.5 Å². The number of pyridine rings is 1. The maximum Gasteiger partial charge on any atom is 0.227 e. The van der Waals surface area contributed by atoms with E-state index in [4.69, 9.17) is 19.1 Å². The highest BCUT2D eigenvalue weighted by atomic mass is 16.5. The first kappa shape index (κ1) is 25.4. The molecule has 0 saturated carbocycles. The molecule has 4 atom stereocenters. The summed E-state index contributed by atoms with van der Waals surface area (Å²) in [5.74, 6) is 3.19. The molecule has 4 aromatic rings. The van der Waals surface area contributed by atoms with E-state index in [1.165, 1.54) is 12.0 Å². The van der Waals surface area contributed by atoms with Crippen LogP contribution in [0.2, 0.25) is 0 Å². The minimum atomic E-state index is -0.578. The molecule has 2 saturated heterocycles. The van der Waals surface area contributed by atoms with E-state index in [-0.39, 0.29) is 18.1 Å². The molecule has 1 unspecified atom stereocenters. The van der Waals surface area contributed by atoms with Gasteiger partial charge in [0.1, 0.15) is 11.6 Å². The number of piperidine rings is 1. The molecule has 1 aromatic carbocycles. The fourth-order valence-corrected chi connectivity index (χ4v) is 5.69. The van der Waals surface area contributed by atoms with Crippen molar-refractivity contribution in [3.05, 3.63) is 54.5 Å². The number of hydrogen-bond acceptors (Lipinski definition) is 11. The monoisotopic (exact) mass is 530 g/mol. The summed E-state index contributed by atoms with van der Waals surface area (Å²) in [5, 5.41) is 24.0. The average molecular weight is 531 g/mol. The van der Waals surface area contributed by atoms with Gasteiger partial charge in [-0.15, -0.1) is 10.2 Å². The highest BCUT2D eigenvalue weighted by Gasteiger charge is 2.40. The van der Waals surface area contributed by atoms with E-state index in [2.05, 4.69) is 64.4 Å². The standard InChI is InChI=1S/C28H34N8O3/c1-16(2)18-5-6-22(36-13-21(17(36)3)27-34-31-15-39-27)20-12-30-26(11-19(18)20)32-25-7-9-29-28(33-25)35-10-8-24(38-4)23(37)14-35/h5-7,9,11-12,15-17,21,23-24,37H,8,10,13-14H2,1-4H3,(H,29,30,32,33)/t17-,21?,23-,24-/m0/s1. The Morgan fingerprint density at radius 3 is 2.72 bits per heavy atom. The molecule has 5 heterocycles. The average Bonchev–Trinajstić information content (AvgIpc) is 3.46. The van der Waals surface area contributed by atoms with E-state index < -0.39 is 6.10 Å². The maximum absolute atomic E-state index is 10.4. The van der Waals surface area contributed by atoms with E-state index in [0.717, 1.165) is 36.0 Å². The van der Waals surface area contributed by atoms with Gasteiger partial charge in [0.05, 0.1) is 18.1 Å². The normalized spacial score (nSPS) is 23.3. The van der Waals surface area contributed by atoms with Crippen LogP contribution in [-0.4, -0.2) is 75.2 Å². The second-order valence-electron chi connectivity index (χ2n) is 10.7.